The Morgan fingerprint density at radius 3 is 2.73 bits per heavy atom. The van der Waals surface area contributed by atoms with E-state index in [4.69, 9.17) is 4.74 Å². The largest absolute Gasteiger partial charge is 0.379 e. The number of hydrogen-bond acceptors (Lipinski definition) is 6. The first-order valence-corrected chi connectivity index (χ1v) is 10.8. The molecule has 3 heterocycles. The number of anilines is 1. The van der Waals surface area contributed by atoms with Crippen molar-refractivity contribution in [1.82, 2.24) is 15.2 Å². The molecule has 0 saturated carbocycles. The molecule has 8 heteroatoms. The Bertz CT molecular complexity index is 1030. The molecular formula is C22H24N4O3S. The highest BCUT2D eigenvalue weighted by Gasteiger charge is 2.25. The summed E-state index contributed by atoms with van der Waals surface area (Å²) < 4.78 is 5.45. The van der Waals surface area contributed by atoms with Crippen molar-refractivity contribution in [2.75, 3.05) is 38.2 Å². The van der Waals surface area contributed by atoms with Gasteiger partial charge < -0.3 is 15.4 Å². The van der Waals surface area contributed by atoms with Crippen molar-refractivity contribution in [2.45, 2.75) is 13.0 Å². The number of rotatable bonds is 5. The molecule has 4 rings (SSSR count). The molecule has 1 fully saturated rings. The van der Waals surface area contributed by atoms with Crippen LogP contribution < -0.4 is 10.6 Å². The van der Waals surface area contributed by atoms with Gasteiger partial charge in [0.15, 0.2) is 0 Å². The Kier molecular flexibility index (Phi) is 6.37. The van der Waals surface area contributed by atoms with Crippen molar-refractivity contribution in [3.8, 4) is 0 Å². The zero-order valence-electron chi connectivity index (χ0n) is 16.8. The quantitative estimate of drug-likeness (QED) is 0.616. The molecular weight excluding hydrogens is 400 g/mol. The maximum absolute atomic E-state index is 12.6. The van der Waals surface area contributed by atoms with Gasteiger partial charge in [0.05, 0.1) is 30.5 Å². The predicted octanol–water partition coefficient (Wildman–Crippen LogP) is 2.73. The number of amides is 2. The number of carbonyl (C=O) groups is 2. The summed E-state index contributed by atoms with van der Waals surface area (Å²) in [6.07, 6.45) is 0. The molecule has 1 aromatic carbocycles. The van der Waals surface area contributed by atoms with Crippen LogP contribution in [0.1, 0.15) is 16.6 Å². The van der Waals surface area contributed by atoms with Crippen LogP contribution in [0.25, 0.3) is 10.9 Å². The fourth-order valence-corrected chi connectivity index (χ4v) is 4.50. The zero-order valence-corrected chi connectivity index (χ0v) is 17.6. The normalized spacial score (nSPS) is 15.6. The molecule has 1 aliphatic heterocycles. The molecule has 1 saturated heterocycles. The summed E-state index contributed by atoms with van der Waals surface area (Å²) in [7, 11) is 0. The summed E-state index contributed by atoms with van der Waals surface area (Å²) in [6.45, 7) is 5.16. The van der Waals surface area contributed by atoms with E-state index in [9.17, 15) is 9.59 Å². The molecule has 0 spiro atoms. The highest BCUT2D eigenvalue weighted by Crippen LogP contribution is 2.26. The predicted molar refractivity (Wildman–Crippen MR) is 118 cm³/mol. The van der Waals surface area contributed by atoms with Crippen LogP contribution in [0.15, 0.2) is 47.8 Å². The van der Waals surface area contributed by atoms with Crippen molar-refractivity contribution in [2.24, 2.45) is 0 Å². The molecule has 0 aliphatic carbocycles. The van der Waals surface area contributed by atoms with Gasteiger partial charge in [-0.25, -0.2) is 0 Å². The monoisotopic (exact) mass is 424 g/mol. The molecule has 0 radical (unpaired) electrons. The van der Waals surface area contributed by atoms with Crippen LogP contribution in [-0.4, -0.2) is 54.5 Å². The number of hydrogen-bond donors (Lipinski definition) is 2. The Morgan fingerprint density at radius 1 is 1.17 bits per heavy atom. The van der Waals surface area contributed by atoms with E-state index in [-0.39, 0.29) is 6.04 Å². The lowest BCUT2D eigenvalue weighted by Crippen LogP contribution is -2.45. The maximum Gasteiger partial charge on any atom is 0.313 e. The molecule has 0 unspecified atom stereocenters. The number of ether oxygens (including phenoxy) is 1. The fraction of sp³-hybridized carbons (Fsp3) is 0.318. The minimum absolute atomic E-state index is 0.0228. The molecule has 156 valence electrons. The number of carbonyl (C=O) groups excluding carboxylic acids is 2. The first kappa shape index (κ1) is 20.5. The third-order valence-electron chi connectivity index (χ3n) is 5.11. The van der Waals surface area contributed by atoms with Gasteiger partial charge in [-0.15, -0.1) is 11.3 Å². The van der Waals surface area contributed by atoms with Gasteiger partial charge >= 0.3 is 11.8 Å². The number of nitrogens with one attached hydrogen (secondary N) is 2. The number of morpholine rings is 1. The average Bonchev–Trinajstić information content (AvgIpc) is 3.29. The second-order valence-corrected chi connectivity index (χ2v) is 8.15. The van der Waals surface area contributed by atoms with E-state index in [2.05, 4.69) is 26.6 Å². The second-order valence-electron chi connectivity index (χ2n) is 7.17. The summed E-state index contributed by atoms with van der Waals surface area (Å²) in [5, 5.41) is 8.37. The van der Waals surface area contributed by atoms with E-state index in [1.54, 1.807) is 17.4 Å². The first-order valence-electron chi connectivity index (χ1n) is 9.92. The number of fused-ring (bicyclic) bond motifs is 1. The average molecular weight is 425 g/mol. The zero-order chi connectivity index (χ0) is 20.9. The highest BCUT2D eigenvalue weighted by atomic mass is 32.1. The fourth-order valence-electron chi connectivity index (χ4n) is 3.64. The van der Waals surface area contributed by atoms with Gasteiger partial charge in [-0.1, -0.05) is 24.3 Å². The maximum atomic E-state index is 12.6. The molecule has 30 heavy (non-hydrogen) atoms. The van der Waals surface area contributed by atoms with Crippen LogP contribution in [0.5, 0.6) is 0 Å². The van der Waals surface area contributed by atoms with Crippen molar-refractivity contribution in [3.05, 3.63) is 58.4 Å². The van der Waals surface area contributed by atoms with Gasteiger partial charge in [0.25, 0.3) is 0 Å². The molecule has 2 aromatic heterocycles. The highest BCUT2D eigenvalue weighted by molar-refractivity contribution is 7.10. The van der Waals surface area contributed by atoms with Gasteiger partial charge in [-0.2, -0.15) is 0 Å². The van der Waals surface area contributed by atoms with E-state index in [1.807, 2.05) is 42.6 Å². The number of thiophene rings is 1. The number of aryl methyl sites for hydroxylation is 1. The lowest BCUT2D eigenvalue weighted by Gasteiger charge is -2.34. The molecule has 2 amide bonds. The van der Waals surface area contributed by atoms with E-state index in [1.165, 1.54) is 0 Å². The minimum Gasteiger partial charge on any atom is -0.379 e. The molecule has 3 aromatic rings. The minimum atomic E-state index is -0.683. The Balaban J connectivity index is 1.43. The summed E-state index contributed by atoms with van der Waals surface area (Å²) >= 11 is 1.65. The van der Waals surface area contributed by atoms with Gasteiger partial charge in [0.2, 0.25) is 0 Å². The van der Waals surface area contributed by atoms with Crippen LogP contribution in [0.3, 0.4) is 0 Å². The van der Waals surface area contributed by atoms with Crippen LogP contribution in [0.2, 0.25) is 0 Å². The van der Waals surface area contributed by atoms with Crippen molar-refractivity contribution in [3.63, 3.8) is 0 Å². The van der Waals surface area contributed by atoms with Gasteiger partial charge in [-0.05, 0) is 30.5 Å². The van der Waals surface area contributed by atoms with Gasteiger partial charge in [-0.3, -0.25) is 19.5 Å². The lowest BCUT2D eigenvalue weighted by atomic mass is 10.1. The number of benzene rings is 1. The SMILES string of the molecule is Cc1cc(NC(=O)C(=O)NC[C@@H](c2cccs2)N2CCOCC2)c2ccccc2n1. The van der Waals surface area contributed by atoms with Crippen LogP contribution in [0.4, 0.5) is 5.69 Å². The van der Waals surface area contributed by atoms with Crippen molar-refractivity contribution >= 4 is 39.7 Å². The Labute approximate surface area is 179 Å². The molecule has 0 bridgehead atoms. The Morgan fingerprint density at radius 2 is 1.97 bits per heavy atom. The standard InChI is InChI=1S/C22H24N4O3S/c1-15-13-18(16-5-2-3-6-17(16)24-15)25-22(28)21(27)23-14-19(20-7-4-12-30-20)26-8-10-29-11-9-26/h2-7,12-13,19H,8-11,14H2,1H3,(H,23,27)(H,24,25,28)/t19-/m0/s1. The van der Waals surface area contributed by atoms with Crippen LogP contribution in [0, 0.1) is 6.92 Å². The topological polar surface area (TPSA) is 83.6 Å². The third kappa shape index (κ3) is 4.67. The molecule has 7 nitrogen and oxygen atoms in total. The van der Waals surface area contributed by atoms with Crippen LogP contribution >= 0.6 is 11.3 Å². The summed E-state index contributed by atoms with van der Waals surface area (Å²) in [5.74, 6) is -1.33. The molecule has 2 N–H and O–H groups in total. The lowest BCUT2D eigenvalue weighted by molar-refractivity contribution is -0.136. The number of nitrogens with zero attached hydrogens (tertiary/aromatic N) is 2. The van der Waals surface area contributed by atoms with Crippen molar-refractivity contribution < 1.29 is 14.3 Å². The van der Waals surface area contributed by atoms with E-state index in [0.29, 0.717) is 25.4 Å². The van der Waals surface area contributed by atoms with E-state index < -0.39 is 11.8 Å². The molecule has 1 atom stereocenters. The van der Waals surface area contributed by atoms with Crippen molar-refractivity contribution in [1.29, 1.82) is 0 Å². The summed E-state index contributed by atoms with van der Waals surface area (Å²) in [5.41, 5.74) is 2.13. The Hall–Kier alpha value is -2.81. The smallest absolute Gasteiger partial charge is 0.313 e. The van der Waals surface area contributed by atoms with E-state index in [0.717, 1.165) is 34.6 Å². The number of pyridine rings is 1. The summed E-state index contributed by atoms with van der Waals surface area (Å²) in [6, 6.07) is 13.4. The number of aromatic nitrogens is 1. The second kappa shape index (κ2) is 9.34. The van der Waals surface area contributed by atoms with Crippen LogP contribution in [-0.2, 0) is 14.3 Å². The van der Waals surface area contributed by atoms with Gasteiger partial charge in [0, 0.05) is 35.6 Å². The summed E-state index contributed by atoms with van der Waals surface area (Å²) in [4.78, 5) is 33.0. The third-order valence-corrected chi connectivity index (χ3v) is 6.09. The van der Waals surface area contributed by atoms with Gasteiger partial charge in [0.1, 0.15) is 0 Å². The molecule has 1 aliphatic rings. The van der Waals surface area contributed by atoms with E-state index >= 15 is 0 Å². The number of para-hydroxylation sites is 1. The first-order chi connectivity index (χ1) is 14.6.